The van der Waals surface area contributed by atoms with Gasteiger partial charge in [0.05, 0.1) is 17.7 Å². The second kappa shape index (κ2) is 10.6. The number of hydrogen-bond acceptors (Lipinski definition) is 5. The fraction of sp³-hybridized carbons (Fsp3) is 0.273. The van der Waals surface area contributed by atoms with Crippen LogP contribution in [-0.2, 0) is 20.7 Å². The highest BCUT2D eigenvalue weighted by molar-refractivity contribution is 5.94. The molecule has 0 heterocycles. The SMILES string of the molecule is CCc1ccc([C@H](C)NC(=O)COC(=O)c2ccc(NC(=O)CC#N)cc2)cc1. The van der Waals surface area contributed by atoms with Gasteiger partial charge in [-0.25, -0.2) is 4.79 Å². The molecule has 0 radical (unpaired) electrons. The first-order valence-electron chi connectivity index (χ1n) is 9.25. The molecular formula is C22H23N3O4. The molecule has 0 unspecified atom stereocenters. The van der Waals surface area contributed by atoms with E-state index in [0.717, 1.165) is 12.0 Å². The number of aryl methyl sites for hydroxylation is 1. The van der Waals surface area contributed by atoms with Crippen LogP contribution in [0.5, 0.6) is 0 Å². The number of nitrogens with one attached hydrogen (secondary N) is 2. The van der Waals surface area contributed by atoms with Gasteiger partial charge in [0.15, 0.2) is 6.61 Å². The predicted octanol–water partition coefficient (Wildman–Crippen LogP) is 3.14. The Labute approximate surface area is 169 Å². The van der Waals surface area contributed by atoms with Crippen molar-refractivity contribution >= 4 is 23.5 Å². The second-order valence-corrected chi connectivity index (χ2v) is 6.42. The third kappa shape index (κ3) is 6.78. The maximum atomic E-state index is 12.1. The lowest BCUT2D eigenvalue weighted by Gasteiger charge is -2.15. The maximum Gasteiger partial charge on any atom is 0.338 e. The third-order valence-corrected chi connectivity index (χ3v) is 4.24. The van der Waals surface area contributed by atoms with Crippen LogP contribution in [0.25, 0.3) is 0 Å². The van der Waals surface area contributed by atoms with E-state index in [1.54, 1.807) is 6.07 Å². The Morgan fingerprint density at radius 3 is 2.28 bits per heavy atom. The number of nitriles is 1. The molecule has 7 nitrogen and oxygen atoms in total. The van der Waals surface area contributed by atoms with Crippen molar-refractivity contribution in [2.75, 3.05) is 11.9 Å². The molecule has 0 saturated carbocycles. The molecule has 0 aliphatic heterocycles. The van der Waals surface area contributed by atoms with Crippen molar-refractivity contribution in [3.05, 3.63) is 65.2 Å². The summed E-state index contributed by atoms with van der Waals surface area (Å²) in [5.41, 5.74) is 2.90. The zero-order chi connectivity index (χ0) is 21.2. The van der Waals surface area contributed by atoms with Crippen LogP contribution in [0, 0.1) is 11.3 Å². The Bertz CT molecular complexity index is 899. The van der Waals surface area contributed by atoms with Gasteiger partial charge in [-0.05, 0) is 48.7 Å². The smallest absolute Gasteiger partial charge is 0.338 e. The number of rotatable bonds is 8. The molecule has 2 rings (SSSR count). The van der Waals surface area contributed by atoms with Gasteiger partial charge in [0.2, 0.25) is 5.91 Å². The number of esters is 1. The van der Waals surface area contributed by atoms with Crippen LogP contribution < -0.4 is 10.6 Å². The average Bonchev–Trinajstić information content (AvgIpc) is 2.72. The van der Waals surface area contributed by atoms with Gasteiger partial charge >= 0.3 is 5.97 Å². The summed E-state index contributed by atoms with van der Waals surface area (Å²) >= 11 is 0. The summed E-state index contributed by atoms with van der Waals surface area (Å²) in [5, 5.41) is 13.8. The van der Waals surface area contributed by atoms with Crippen molar-refractivity contribution in [1.29, 1.82) is 5.26 Å². The summed E-state index contributed by atoms with van der Waals surface area (Å²) in [4.78, 5) is 35.5. The molecule has 2 aromatic rings. The van der Waals surface area contributed by atoms with E-state index in [-0.39, 0.29) is 18.0 Å². The Hall–Kier alpha value is -3.66. The number of carbonyl (C=O) groups excluding carboxylic acids is 3. The zero-order valence-electron chi connectivity index (χ0n) is 16.4. The Kier molecular flexibility index (Phi) is 7.92. The second-order valence-electron chi connectivity index (χ2n) is 6.42. The summed E-state index contributed by atoms with van der Waals surface area (Å²) in [6, 6.07) is 15.5. The number of benzene rings is 2. The van der Waals surface area contributed by atoms with Gasteiger partial charge in [-0.3, -0.25) is 9.59 Å². The van der Waals surface area contributed by atoms with Gasteiger partial charge in [0.1, 0.15) is 6.42 Å². The summed E-state index contributed by atoms with van der Waals surface area (Å²) in [6.45, 7) is 3.55. The van der Waals surface area contributed by atoms with E-state index in [1.807, 2.05) is 31.2 Å². The van der Waals surface area contributed by atoms with Crippen molar-refractivity contribution in [2.24, 2.45) is 0 Å². The quantitative estimate of drug-likeness (QED) is 0.670. The number of nitrogens with zero attached hydrogens (tertiary/aromatic N) is 1. The van der Waals surface area contributed by atoms with Crippen LogP contribution in [0.4, 0.5) is 5.69 Å². The highest BCUT2D eigenvalue weighted by Gasteiger charge is 2.13. The molecule has 7 heteroatoms. The fourth-order valence-electron chi connectivity index (χ4n) is 2.59. The first-order valence-corrected chi connectivity index (χ1v) is 9.25. The summed E-state index contributed by atoms with van der Waals surface area (Å²) in [6.07, 6.45) is 0.699. The summed E-state index contributed by atoms with van der Waals surface area (Å²) in [7, 11) is 0. The molecule has 2 amide bonds. The minimum absolute atomic E-state index is 0.205. The number of anilines is 1. The van der Waals surface area contributed by atoms with E-state index >= 15 is 0 Å². The summed E-state index contributed by atoms with van der Waals surface area (Å²) < 4.78 is 5.04. The molecule has 0 aliphatic rings. The van der Waals surface area contributed by atoms with Crippen LogP contribution in [0.15, 0.2) is 48.5 Å². The zero-order valence-corrected chi connectivity index (χ0v) is 16.4. The molecule has 2 N–H and O–H groups in total. The van der Waals surface area contributed by atoms with Crippen molar-refractivity contribution in [3.8, 4) is 6.07 Å². The Morgan fingerprint density at radius 1 is 1.03 bits per heavy atom. The lowest BCUT2D eigenvalue weighted by atomic mass is 10.1. The van der Waals surface area contributed by atoms with Crippen LogP contribution in [0.3, 0.4) is 0 Å². The van der Waals surface area contributed by atoms with Gasteiger partial charge in [0.25, 0.3) is 5.91 Å². The largest absolute Gasteiger partial charge is 0.452 e. The van der Waals surface area contributed by atoms with E-state index in [2.05, 4.69) is 17.6 Å². The van der Waals surface area contributed by atoms with Crippen LogP contribution in [0.1, 0.15) is 47.8 Å². The Balaban J connectivity index is 1.82. The maximum absolute atomic E-state index is 12.1. The van der Waals surface area contributed by atoms with E-state index in [1.165, 1.54) is 29.8 Å². The minimum Gasteiger partial charge on any atom is -0.452 e. The molecule has 0 aromatic heterocycles. The van der Waals surface area contributed by atoms with E-state index in [0.29, 0.717) is 5.69 Å². The molecule has 0 spiro atoms. The van der Waals surface area contributed by atoms with E-state index in [4.69, 9.17) is 10.00 Å². The van der Waals surface area contributed by atoms with Crippen LogP contribution >= 0.6 is 0 Å². The number of ether oxygens (including phenoxy) is 1. The molecule has 29 heavy (non-hydrogen) atoms. The lowest BCUT2D eigenvalue weighted by Crippen LogP contribution is -2.31. The molecular weight excluding hydrogens is 370 g/mol. The van der Waals surface area contributed by atoms with Crippen molar-refractivity contribution < 1.29 is 19.1 Å². The van der Waals surface area contributed by atoms with Gasteiger partial charge in [-0.15, -0.1) is 0 Å². The van der Waals surface area contributed by atoms with E-state index in [9.17, 15) is 14.4 Å². The standard InChI is InChI=1S/C22H23N3O4/c1-3-16-4-6-17(7-5-16)15(2)24-21(27)14-29-22(28)18-8-10-19(11-9-18)25-20(26)12-13-23/h4-11,15H,3,12,14H2,1-2H3,(H,24,27)(H,25,26)/t15-/m0/s1. The third-order valence-electron chi connectivity index (χ3n) is 4.24. The summed E-state index contributed by atoms with van der Waals surface area (Å²) in [5.74, 6) is -1.47. The van der Waals surface area contributed by atoms with Crippen molar-refractivity contribution in [3.63, 3.8) is 0 Å². The highest BCUT2D eigenvalue weighted by atomic mass is 16.5. The average molecular weight is 393 g/mol. The molecule has 0 saturated heterocycles. The number of carbonyl (C=O) groups is 3. The monoisotopic (exact) mass is 393 g/mol. The Morgan fingerprint density at radius 2 is 1.69 bits per heavy atom. The highest BCUT2D eigenvalue weighted by Crippen LogP contribution is 2.14. The predicted molar refractivity (Wildman–Crippen MR) is 108 cm³/mol. The molecule has 0 fully saturated rings. The van der Waals surface area contributed by atoms with Gasteiger partial charge in [0, 0.05) is 5.69 Å². The van der Waals surface area contributed by atoms with Crippen LogP contribution in [-0.4, -0.2) is 24.4 Å². The lowest BCUT2D eigenvalue weighted by molar-refractivity contribution is -0.124. The fourth-order valence-corrected chi connectivity index (χ4v) is 2.59. The van der Waals surface area contributed by atoms with Crippen LogP contribution in [0.2, 0.25) is 0 Å². The molecule has 150 valence electrons. The van der Waals surface area contributed by atoms with Gasteiger partial charge in [-0.1, -0.05) is 31.2 Å². The van der Waals surface area contributed by atoms with E-state index < -0.39 is 24.4 Å². The molecule has 0 aliphatic carbocycles. The topological polar surface area (TPSA) is 108 Å². The van der Waals surface area contributed by atoms with Gasteiger partial charge < -0.3 is 15.4 Å². The van der Waals surface area contributed by atoms with Gasteiger partial charge in [-0.2, -0.15) is 5.26 Å². The minimum atomic E-state index is -0.644. The molecule has 1 atom stereocenters. The normalized spacial score (nSPS) is 11.1. The first kappa shape index (κ1) is 21.6. The number of hydrogen-bond donors (Lipinski definition) is 2. The van der Waals surface area contributed by atoms with Crippen molar-refractivity contribution in [1.82, 2.24) is 5.32 Å². The van der Waals surface area contributed by atoms with Crippen molar-refractivity contribution in [2.45, 2.75) is 32.7 Å². The number of amides is 2. The first-order chi connectivity index (χ1) is 13.9. The molecule has 2 aromatic carbocycles. The molecule has 0 bridgehead atoms.